The van der Waals surface area contributed by atoms with E-state index in [1.165, 1.54) is 0 Å². The van der Waals surface area contributed by atoms with E-state index in [0.717, 1.165) is 45.2 Å². The Hall–Kier alpha value is -0.120. The number of nitrogens with one attached hydrogen (secondary N) is 1. The first-order valence-corrected chi connectivity index (χ1v) is 6.40. The Morgan fingerprint density at radius 2 is 1.88 bits per heavy atom. The van der Waals surface area contributed by atoms with Crippen molar-refractivity contribution < 1.29 is 9.47 Å². The molecule has 0 heterocycles. The Balaban J connectivity index is 3.26. The molecule has 0 radical (unpaired) electrons. The molecular formula is C13H29NO2. The molecule has 3 nitrogen and oxygen atoms in total. The van der Waals surface area contributed by atoms with Crippen LogP contribution in [0, 0.1) is 5.92 Å². The van der Waals surface area contributed by atoms with Gasteiger partial charge in [-0.1, -0.05) is 13.8 Å². The first kappa shape index (κ1) is 15.9. The highest BCUT2D eigenvalue weighted by Crippen LogP contribution is 2.06. The second-order valence-electron chi connectivity index (χ2n) is 5.16. The predicted octanol–water partition coefficient (Wildman–Crippen LogP) is 2.45. The molecule has 0 aliphatic rings. The topological polar surface area (TPSA) is 30.5 Å². The fourth-order valence-electron chi connectivity index (χ4n) is 1.40. The summed E-state index contributed by atoms with van der Waals surface area (Å²) in [6, 6.07) is 0. The molecule has 1 N–H and O–H groups in total. The molecule has 0 bridgehead atoms. The number of rotatable bonds is 10. The first-order chi connectivity index (χ1) is 7.48. The lowest BCUT2D eigenvalue weighted by Crippen LogP contribution is -2.39. The van der Waals surface area contributed by atoms with Gasteiger partial charge in [-0.15, -0.1) is 0 Å². The van der Waals surface area contributed by atoms with Crippen LogP contribution in [0.4, 0.5) is 0 Å². The Labute approximate surface area is 101 Å². The van der Waals surface area contributed by atoms with E-state index in [-0.39, 0.29) is 5.60 Å². The van der Waals surface area contributed by atoms with Gasteiger partial charge in [0.15, 0.2) is 0 Å². The van der Waals surface area contributed by atoms with Crippen molar-refractivity contribution in [3.8, 4) is 0 Å². The summed E-state index contributed by atoms with van der Waals surface area (Å²) in [7, 11) is 0. The Bertz CT molecular complexity index is 158. The molecule has 0 saturated heterocycles. The summed E-state index contributed by atoms with van der Waals surface area (Å²) in [5, 5.41) is 3.35. The standard InChI is InChI=1S/C13H29NO2/c1-6-16-13(4,5)11-14-8-10-15-9-7-12(2)3/h12,14H,6-11H2,1-5H3. The molecule has 0 aromatic carbocycles. The highest BCUT2D eigenvalue weighted by atomic mass is 16.5. The molecule has 0 aromatic heterocycles. The molecule has 16 heavy (non-hydrogen) atoms. The molecule has 0 saturated carbocycles. The second kappa shape index (κ2) is 8.97. The maximum atomic E-state index is 5.59. The lowest BCUT2D eigenvalue weighted by molar-refractivity contribution is -0.00987. The van der Waals surface area contributed by atoms with E-state index < -0.39 is 0 Å². The Kier molecular flexibility index (Phi) is 8.90. The van der Waals surface area contributed by atoms with Crippen LogP contribution in [-0.4, -0.2) is 38.5 Å². The van der Waals surface area contributed by atoms with Crippen molar-refractivity contribution in [2.75, 3.05) is 32.9 Å². The molecule has 0 aliphatic heterocycles. The van der Waals surface area contributed by atoms with Crippen LogP contribution in [0.5, 0.6) is 0 Å². The van der Waals surface area contributed by atoms with Gasteiger partial charge in [0.25, 0.3) is 0 Å². The van der Waals surface area contributed by atoms with Gasteiger partial charge in [-0.25, -0.2) is 0 Å². The minimum atomic E-state index is -0.0767. The van der Waals surface area contributed by atoms with E-state index in [9.17, 15) is 0 Å². The molecule has 0 aliphatic carbocycles. The number of hydrogen-bond donors (Lipinski definition) is 1. The van der Waals surface area contributed by atoms with Crippen molar-refractivity contribution >= 4 is 0 Å². The Morgan fingerprint density at radius 3 is 2.44 bits per heavy atom. The van der Waals surface area contributed by atoms with Crippen molar-refractivity contribution in [3.05, 3.63) is 0 Å². The van der Waals surface area contributed by atoms with Gasteiger partial charge in [0, 0.05) is 26.3 Å². The molecule has 0 aromatic rings. The third-order valence-electron chi connectivity index (χ3n) is 2.35. The van der Waals surface area contributed by atoms with Crippen molar-refractivity contribution in [2.45, 2.75) is 46.6 Å². The molecule has 0 rings (SSSR count). The van der Waals surface area contributed by atoms with Gasteiger partial charge in [-0.3, -0.25) is 0 Å². The molecule has 98 valence electrons. The summed E-state index contributed by atoms with van der Waals surface area (Å²) >= 11 is 0. The lowest BCUT2D eigenvalue weighted by Gasteiger charge is -2.25. The van der Waals surface area contributed by atoms with Crippen LogP contribution in [0.25, 0.3) is 0 Å². The minimum Gasteiger partial charge on any atom is -0.380 e. The van der Waals surface area contributed by atoms with Crippen LogP contribution in [-0.2, 0) is 9.47 Å². The van der Waals surface area contributed by atoms with Gasteiger partial charge in [-0.05, 0) is 33.1 Å². The van der Waals surface area contributed by atoms with Crippen LogP contribution in [0.1, 0.15) is 41.0 Å². The normalized spacial score (nSPS) is 12.4. The van der Waals surface area contributed by atoms with Crippen molar-refractivity contribution in [3.63, 3.8) is 0 Å². The smallest absolute Gasteiger partial charge is 0.0750 e. The van der Waals surface area contributed by atoms with E-state index in [2.05, 4.69) is 33.0 Å². The molecule has 0 amide bonds. The lowest BCUT2D eigenvalue weighted by atomic mass is 10.1. The van der Waals surface area contributed by atoms with E-state index in [1.807, 2.05) is 6.92 Å². The monoisotopic (exact) mass is 231 g/mol. The molecular weight excluding hydrogens is 202 g/mol. The van der Waals surface area contributed by atoms with Crippen LogP contribution in [0.2, 0.25) is 0 Å². The van der Waals surface area contributed by atoms with Crippen LogP contribution < -0.4 is 5.32 Å². The van der Waals surface area contributed by atoms with Gasteiger partial charge in [0.2, 0.25) is 0 Å². The fraction of sp³-hybridized carbons (Fsp3) is 1.00. The van der Waals surface area contributed by atoms with Crippen LogP contribution in [0.15, 0.2) is 0 Å². The molecule has 3 heteroatoms. The highest BCUT2D eigenvalue weighted by molar-refractivity contribution is 4.71. The SMILES string of the molecule is CCOC(C)(C)CNCCOCCC(C)C. The highest BCUT2D eigenvalue weighted by Gasteiger charge is 2.16. The summed E-state index contributed by atoms with van der Waals surface area (Å²) in [6.07, 6.45) is 1.14. The largest absolute Gasteiger partial charge is 0.380 e. The maximum Gasteiger partial charge on any atom is 0.0750 e. The van der Waals surface area contributed by atoms with Gasteiger partial charge in [0.1, 0.15) is 0 Å². The van der Waals surface area contributed by atoms with Crippen molar-refractivity contribution in [1.82, 2.24) is 5.32 Å². The quantitative estimate of drug-likeness (QED) is 0.586. The maximum absolute atomic E-state index is 5.59. The number of hydrogen-bond acceptors (Lipinski definition) is 3. The van der Waals surface area contributed by atoms with Gasteiger partial charge in [-0.2, -0.15) is 0 Å². The zero-order chi connectivity index (χ0) is 12.4. The van der Waals surface area contributed by atoms with Crippen molar-refractivity contribution in [1.29, 1.82) is 0 Å². The molecule has 0 unspecified atom stereocenters. The average Bonchev–Trinajstić information content (AvgIpc) is 2.15. The predicted molar refractivity (Wildman–Crippen MR) is 68.8 cm³/mol. The van der Waals surface area contributed by atoms with E-state index in [4.69, 9.17) is 9.47 Å². The summed E-state index contributed by atoms with van der Waals surface area (Å²) in [4.78, 5) is 0. The summed E-state index contributed by atoms with van der Waals surface area (Å²) in [5.74, 6) is 0.727. The van der Waals surface area contributed by atoms with Gasteiger partial charge >= 0.3 is 0 Å². The van der Waals surface area contributed by atoms with E-state index in [0.29, 0.717) is 0 Å². The zero-order valence-electron chi connectivity index (χ0n) is 11.6. The van der Waals surface area contributed by atoms with E-state index >= 15 is 0 Å². The molecule has 0 fully saturated rings. The Morgan fingerprint density at radius 1 is 1.19 bits per heavy atom. The second-order valence-corrected chi connectivity index (χ2v) is 5.16. The molecule has 0 spiro atoms. The summed E-state index contributed by atoms with van der Waals surface area (Å²) in [5.41, 5.74) is -0.0767. The third-order valence-corrected chi connectivity index (χ3v) is 2.35. The summed E-state index contributed by atoms with van der Waals surface area (Å²) < 4.78 is 11.1. The van der Waals surface area contributed by atoms with Crippen LogP contribution >= 0.6 is 0 Å². The average molecular weight is 231 g/mol. The van der Waals surface area contributed by atoms with E-state index in [1.54, 1.807) is 0 Å². The number of ether oxygens (including phenoxy) is 2. The summed E-state index contributed by atoms with van der Waals surface area (Å²) in [6.45, 7) is 14.8. The zero-order valence-corrected chi connectivity index (χ0v) is 11.6. The van der Waals surface area contributed by atoms with Gasteiger partial charge < -0.3 is 14.8 Å². The van der Waals surface area contributed by atoms with Crippen LogP contribution in [0.3, 0.4) is 0 Å². The minimum absolute atomic E-state index is 0.0767. The van der Waals surface area contributed by atoms with Crippen molar-refractivity contribution in [2.24, 2.45) is 5.92 Å². The third kappa shape index (κ3) is 10.4. The fourth-order valence-corrected chi connectivity index (χ4v) is 1.40. The van der Waals surface area contributed by atoms with Gasteiger partial charge in [0.05, 0.1) is 12.2 Å². The first-order valence-electron chi connectivity index (χ1n) is 6.40. The molecule has 0 atom stereocenters.